The van der Waals surface area contributed by atoms with Crippen molar-refractivity contribution in [3.63, 3.8) is 0 Å². The van der Waals surface area contributed by atoms with Crippen molar-refractivity contribution in [2.24, 2.45) is 4.30 Å². The number of thiophene rings is 3. The molecule has 0 amide bonds. The van der Waals surface area contributed by atoms with Crippen molar-refractivity contribution in [3.05, 3.63) is 58.6 Å². The Labute approximate surface area is 339 Å². The van der Waals surface area contributed by atoms with Gasteiger partial charge in [0.2, 0.25) is 0 Å². The van der Waals surface area contributed by atoms with Gasteiger partial charge in [-0.25, -0.2) is 0 Å². The maximum atomic E-state index is 5.74. The van der Waals surface area contributed by atoms with Gasteiger partial charge in [-0.2, -0.15) is 11.3 Å². The molecule has 1 radical (unpaired) electrons. The van der Waals surface area contributed by atoms with Crippen LogP contribution in [-0.4, -0.2) is 43.3 Å². The van der Waals surface area contributed by atoms with Crippen molar-refractivity contribution in [1.82, 2.24) is 0 Å². The van der Waals surface area contributed by atoms with Crippen molar-refractivity contribution in [2.75, 3.05) is 0 Å². The summed E-state index contributed by atoms with van der Waals surface area (Å²) in [5.41, 5.74) is 4.56. The summed E-state index contributed by atoms with van der Waals surface area (Å²) < 4.78 is 7.11. The molecule has 3 rings (SSSR count). The van der Waals surface area contributed by atoms with E-state index in [1.54, 1.807) is 31.1 Å². The maximum absolute atomic E-state index is 5.74. The number of aryl methyl sites for hydroxylation is 3. The van der Waals surface area contributed by atoms with Gasteiger partial charge in [0.05, 0.1) is 3.79 Å². The van der Waals surface area contributed by atoms with E-state index < -0.39 is 35.6 Å². The molecular weight excluding hydrogens is 1020 g/mol. The van der Waals surface area contributed by atoms with Crippen LogP contribution in [0.5, 0.6) is 0 Å². The molecule has 0 unspecified atom stereocenters. The molecule has 3 aromatic rings. The Morgan fingerprint density at radius 2 is 1.19 bits per heavy atom. The first-order chi connectivity index (χ1) is 22.1. The minimum absolute atomic E-state index is 1.24. The Hall–Kier alpha value is 2.16. The second-order valence-electron chi connectivity index (χ2n) is 13.6. The standard InChI is InChI=1S/C10H15BrS.C10H14BrS.C10H16S.6CH3.BHNS.ClH.2Sn/c2*1-2-3-4-5-6-9-7-8-12-10(9)11;1-2-3-4-5-6-10-7-8-11-9-10;;;;;;;1-2-3;;;/h7-8H,2-6H2,1H3;7H,2-6H2,1H3;7-9H,2-6H2,1H3;6*1H3;3H;1H;;/q;;;;;;;;;;;;+1/p-1. The Kier molecular flexibility index (Phi) is 35.8. The molecule has 3 aromatic heterocycles. The van der Waals surface area contributed by atoms with Gasteiger partial charge < -0.3 is 0 Å². The molecule has 0 N–H and O–H groups in total. The number of halogens is 3. The first kappa shape index (κ1) is 51.3. The summed E-state index contributed by atoms with van der Waals surface area (Å²) in [6.45, 7) is 6.78. The van der Waals surface area contributed by atoms with Crippen LogP contribution in [0.25, 0.3) is 0 Å². The molecular formula is C36H64BBr2ClNS4Sn2. The van der Waals surface area contributed by atoms with Crippen molar-refractivity contribution >= 4 is 134 Å². The summed E-state index contributed by atoms with van der Waals surface area (Å²) in [7, 11) is 10.1. The number of thiol groups is 1. The van der Waals surface area contributed by atoms with E-state index in [2.05, 4.69) is 141 Å². The van der Waals surface area contributed by atoms with E-state index in [-0.39, 0.29) is 0 Å². The van der Waals surface area contributed by atoms with Crippen LogP contribution in [-0.2, 0) is 19.3 Å². The summed E-state index contributed by atoms with van der Waals surface area (Å²) in [6, 6.07) is 6.94. The molecule has 0 atom stereocenters. The van der Waals surface area contributed by atoms with Gasteiger partial charge in [0.25, 0.3) is 0 Å². The predicted molar refractivity (Wildman–Crippen MR) is 241 cm³/mol. The average Bonchev–Trinajstić information content (AvgIpc) is 3.74. The van der Waals surface area contributed by atoms with E-state index in [4.69, 9.17) is 8.92 Å². The van der Waals surface area contributed by atoms with E-state index in [1.165, 1.54) is 115 Å². The first-order valence-electron chi connectivity index (χ1n) is 17.4. The molecule has 0 aliphatic carbocycles. The van der Waals surface area contributed by atoms with E-state index in [0.29, 0.717) is 0 Å². The second-order valence-corrected chi connectivity index (χ2v) is 54.1. The van der Waals surface area contributed by atoms with Crippen LogP contribution in [0.1, 0.15) is 115 Å². The molecule has 0 spiro atoms. The Bertz CT molecular complexity index is 1110. The number of unbranched alkanes of at least 4 members (excludes halogenated alkanes) is 9. The van der Waals surface area contributed by atoms with Crippen LogP contribution in [0.2, 0.25) is 29.6 Å². The van der Waals surface area contributed by atoms with Crippen molar-refractivity contribution in [2.45, 2.75) is 147 Å². The monoisotopic (exact) mass is 1080 g/mol. The number of nitrogens with zero attached hydrogens (tertiary/aromatic N) is 1. The molecule has 0 saturated heterocycles. The fourth-order valence-electron chi connectivity index (χ4n) is 4.12. The fraction of sp³-hybridized carbons (Fsp3) is 0.667. The number of hydrogen-bond donors (Lipinski definition) is 1. The molecule has 0 fully saturated rings. The predicted octanol–water partition coefficient (Wildman–Crippen LogP) is 15.9. The molecule has 11 heteroatoms. The van der Waals surface area contributed by atoms with Gasteiger partial charge in [-0.05, 0) is 81.0 Å². The van der Waals surface area contributed by atoms with Crippen LogP contribution in [0.15, 0.2) is 46.2 Å². The zero-order valence-electron chi connectivity index (χ0n) is 30.9. The first-order valence-corrected chi connectivity index (χ1v) is 44.2. The van der Waals surface area contributed by atoms with Gasteiger partial charge in [0, 0.05) is 0 Å². The van der Waals surface area contributed by atoms with Crippen molar-refractivity contribution in [1.29, 1.82) is 0 Å². The number of hydrogen-bond acceptors (Lipinski definition) is 5. The minimum atomic E-state index is -1.82. The SMILES string of the molecule is CCCCCCc1c[c]([Sn]([CH3])([CH3])[CH3])sc1Br.CCCCCCc1ccsc1.CCCCCCc1ccsc1Br.[B]=NS.[CH3][Sn]([CH3])([CH3])[Cl]. The van der Waals surface area contributed by atoms with E-state index in [0.717, 1.165) is 0 Å². The van der Waals surface area contributed by atoms with Gasteiger partial charge >= 0.3 is 184 Å². The van der Waals surface area contributed by atoms with Crippen LogP contribution >= 0.6 is 87.6 Å². The summed E-state index contributed by atoms with van der Waals surface area (Å²) in [4.78, 5) is 14.0. The molecule has 0 aliphatic heterocycles. The van der Waals surface area contributed by atoms with Gasteiger partial charge in [0.1, 0.15) is 0 Å². The summed E-state index contributed by atoms with van der Waals surface area (Å²) in [5.74, 6) is 0. The molecule has 3 heterocycles. The van der Waals surface area contributed by atoms with E-state index in [1.807, 2.05) is 11.3 Å². The van der Waals surface area contributed by atoms with Gasteiger partial charge in [-0.1, -0.05) is 52.4 Å². The Morgan fingerprint density at radius 1 is 0.723 bits per heavy atom. The normalized spacial score (nSPS) is 10.7. The van der Waals surface area contributed by atoms with Crippen LogP contribution in [0, 0.1) is 0 Å². The van der Waals surface area contributed by atoms with Gasteiger partial charge in [-0.15, -0.1) is 11.3 Å². The molecule has 0 aromatic carbocycles. The topological polar surface area (TPSA) is 12.4 Å². The quantitative estimate of drug-likeness (QED) is 0.0834. The van der Waals surface area contributed by atoms with Crippen LogP contribution in [0.3, 0.4) is 0 Å². The van der Waals surface area contributed by atoms with E-state index >= 15 is 0 Å². The third kappa shape index (κ3) is 33.7. The molecule has 0 bridgehead atoms. The van der Waals surface area contributed by atoms with Gasteiger partial charge in [-0.3, -0.25) is 0 Å². The molecule has 0 aliphatic rings. The molecule has 0 saturated carbocycles. The van der Waals surface area contributed by atoms with Crippen LogP contribution in [0.4, 0.5) is 0 Å². The Balaban J connectivity index is 0. The third-order valence-corrected chi connectivity index (χ3v) is 20.6. The van der Waals surface area contributed by atoms with E-state index in [9.17, 15) is 0 Å². The summed E-state index contributed by atoms with van der Waals surface area (Å²) in [5, 5.41) is 6.57. The third-order valence-electron chi connectivity index (χ3n) is 6.69. The fourth-order valence-corrected chi connectivity index (χ4v) is 14.5. The van der Waals surface area contributed by atoms with Crippen molar-refractivity contribution in [3.8, 4) is 0 Å². The summed E-state index contributed by atoms with van der Waals surface area (Å²) >= 11 is 12.5. The molecule has 269 valence electrons. The molecule has 1 nitrogen and oxygen atoms in total. The Morgan fingerprint density at radius 3 is 1.55 bits per heavy atom. The average molecular weight is 1080 g/mol. The van der Waals surface area contributed by atoms with Gasteiger partial charge in [0.15, 0.2) is 0 Å². The zero-order valence-corrected chi connectivity index (χ0v) is 43.9. The van der Waals surface area contributed by atoms with Crippen LogP contribution < -0.4 is 2.89 Å². The molecule has 47 heavy (non-hydrogen) atoms. The zero-order chi connectivity index (χ0) is 36.1. The number of rotatable bonds is 16. The summed E-state index contributed by atoms with van der Waals surface area (Å²) in [6.07, 6.45) is 20.1. The van der Waals surface area contributed by atoms with Crippen molar-refractivity contribution < 1.29 is 0 Å². The second kappa shape index (κ2) is 32.8.